The minimum absolute atomic E-state index is 0.0713. The summed E-state index contributed by atoms with van der Waals surface area (Å²) in [6, 6.07) is 17.7. The molecule has 6 nitrogen and oxygen atoms in total. The molecular formula is C22H21N3O3. The number of pyridine rings is 1. The first-order chi connectivity index (χ1) is 13.4. The number of carbonyl (C=O) groups excluding carboxylic acids is 2. The van der Waals surface area contributed by atoms with Gasteiger partial charge in [0.25, 0.3) is 11.5 Å². The molecule has 0 fully saturated rings. The van der Waals surface area contributed by atoms with Crippen LogP contribution >= 0.6 is 0 Å². The van der Waals surface area contributed by atoms with Gasteiger partial charge in [-0.05, 0) is 54.4 Å². The van der Waals surface area contributed by atoms with Crippen molar-refractivity contribution in [3.8, 4) is 0 Å². The SMILES string of the molecule is CC(=O)Nc1ccc(NC(=O)c2cccn(Cc3ccccc3C)c2=O)cc1. The maximum Gasteiger partial charge on any atom is 0.263 e. The van der Waals surface area contributed by atoms with Crippen LogP contribution in [0.1, 0.15) is 28.4 Å². The van der Waals surface area contributed by atoms with Gasteiger partial charge < -0.3 is 15.2 Å². The van der Waals surface area contributed by atoms with E-state index in [0.29, 0.717) is 17.9 Å². The van der Waals surface area contributed by atoms with Crippen LogP contribution in [0.2, 0.25) is 0 Å². The molecule has 0 spiro atoms. The first-order valence-corrected chi connectivity index (χ1v) is 8.87. The molecule has 6 heteroatoms. The van der Waals surface area contributed by atoms with E-state index < -0.39 is 5.91 Å². The Bertz CT molecular complexity index is 1070. The van der Waals surface area contributed by atoms with Gasteiger partial charge in [-0.15, -0.1) is 0 Å². The zero-order valence-corrected chi connectivity index (χ0v) is 15.7. The summed E-state index contributed by atoms with van der Waals surface area (Å²) in [5.74, 6) is -0.647. The van der Waals surface area contributed by atoms with Crippen LogP contribution in [0.15, 0.2) is 71.7 Å². The Morgan fingerprint density at radius 2 is 1.54 bits per heavy atom. The molecule has 0 saturated heterocycles. The van der Waals surface area contributed by atoms with Gasteiger partial charge in [-0.2, -0.15) is 0 Å². The molecule has 3 aromatic rings. The molecular weight excluding hydrogens is 354 g/mol. The fraction of sp³-hybridized carbons (Fsp3) is 0.136. The van der Waals surface area contributed by atoms with E-state index in [4.69, 9.17) is 0 Å². The summed E-state index contributed by atoms with van der Waals surface area (Å²) in [6.45, 7) is 3.81. The number of hydrogen-bond donors (Lipinski definition) is 2. The van der Waals surface area contributed by atoms with E-state index in [1.807, 2.05) is 31.2 Å². The highest BCUT2D eigenvalue weighted by Crippen LogP contribution is 2.14. The van der Waals surface area contributed by atoms with Crippen LogP contribution in [-0.2, 0) is 11.3 Å². The monoisotopic (exact) mass is 375 g/mol. The molecule has 3 rings (SSSR count). The number of nitrogens with zero attached hydrogens (tertiary/aromatic N) is 1. The number of anilines is 2. The summed E-state index contributed by atoms with van der Waals surface area (Å²) in [5.41, 5.74) is 3.00. The van der Waals surface area contributed by atoms with E-state index in [1.165, 1.54) is 17.6 Å². The van der Waals surface area contributed by atoms with E-state index in [-0.39, 0.29) is 17.0 Å². The van der Waals surface area contributed by atoms with E-state index in [0.717, 1.165) is 11.1 Å². The van der Waals surface area contributed by atoms with Crippen molar-refractivity contribution in [3.63, 3.8) is 0 Å². The second-order valence-corrected chi connectivity index (χ2v) is 6.49. The van der Waals surface area contributed by atoms with Crippen molar-refractivity contribution < 1.29 is 9.59 Å². The van der Waals surface area contributed by atoms with Gasteiger partial charge in [0.05, 0.1) is 6.54 Å². The van der Waals surface area contributed by atoms with Crippen molar-refractivity contribution in [3.05, 3.63) is 93.9 Å². The number of aromatic nitrogens is 1. The van der Waals surface area contributed by atoms with E-state index >= 15 is 0 Å². The second-order valence-electron chi connectivity index (χ2n) is 6.49. The molecule has 142 valence electrons. The quantitative estimate of drug-likeness (QED) is 0.717. The third-order valence-corrected chi connectivity index (χ3v) is 4.33. The lowest BCUT2D eigenvalue weighted by molar-refractivity contribution is -0.114. The molecule has 0 atom stereocenters. The van der Waals surface area contributed by atoms with Gasteiger partial charge in [-0.1, -0.05) is 24.3 Å². The van der Waals surface area contributed by atoms with Crippen LogP contribution in [-0.4, -0.2) is 16.4 Å². The molecule has 0 radical (unpaired) electrons. The molecule has 0 bridgehead atoms. The predicted molar refractivity (Wildman–Crippen MR) is 110 cm³/mol. The Labute approximate surface area is 162 Å². The number of rotatable bonds is 5. The van der Waals surface area contributed by atoms with Gasteiger partial charge in [0.15, 0.2) is 0 Å². The molecule has 0 aliphatic rings. The number of amides is 2. The zero-order chi connectivity index (χ0) is 20.1. The first-order valence-electron chi connectivity index (χ1n) is 8.87. The molecule has 2 N–H and O–H groups in total. The fourth-order valence-corrected chi connectivity index (χ4v) is 2.84. The Morgan fingerprint density at radius 3 is 2.18 bits per heavy atom. The topological polar surface area (TPSA) is 80.2 Å². The normalized spacial score (nSPS) is 10.4. The molecule has 1 aromatic heterocycles. The van der Waals surface area contributed by atoms with Crippen LogP contribution in [0.3, 0.4) is 0 Å². The lowest BCUT2D eigenvalue weighted by Gasteiger charge is -2.11. The second kappa shape index (κ2) is 8.35. The summed E-state index contributed by atoms with van der Waals surface area (Å²) in [7, 11) is 0. The third-order valence-electron chi connectivity index (χ3n) is 4.33. The Hall–Kier alpha value is -3.67. The van der Waals surface area contributed by atoms with Gasteiger partial charge in [0.2, 0.25) is 5.91 Å². The van der Waals surface area contributed by atoms with Gasteiger partial charge in [-0.3, -0.25) is 14.4 Å². The van der Waals surface area contributed by atoms with Crippen molar-refractivity contribution in [1.29, 1.82) is 0 Å². The summed E-state index contributed by atoms with van der Waals surface area (Å²) >= 11 is 0. The van der Waals surface area contributed by atoms with Crippen molar-refractivity contribution in [2.75, 3.05) is 10.6 Å². The Morgan fingerprint density at radius 1 is 0.893 bits per heavy atom. The summed E-state index contributed by atoms with van der Waals surface area (Å²) in [5, 5.41) is 5.37. The standard InChI is InChI=1S/C22H21N3O3/c1-15-6-3-4-7-17(15)14-25-13-5-8-20(22(25)28)21(27)24-19-11-9-18(10-12-19)23-16(2)26/h3-13H,14H2,1-2H3,(H,23,26)(H,24,27). The molecule has 0 unspecified atom stereocenters. The van der Waals surface area contributed by atoms with Crippen LogP contribution in [0.4, 0.5) is 11.4 Å². The number of carbonyl (C=O) groups is 2. The van der Waals surface area contributed by atoms with Crippen molar-refractivity contribution in [1.82, 2.24) is 4.57 Å². The highest BCUT2D eigenvalue weighted by atomic mass is 16.2. The molecule has 0 aliphatic heterocycles. The Balaban J connectivity index is 1.78. The molecule has 0 aliphatic carbocycles. The molecule has 2 aromatic carbocycles. The molecule has 1 heterocycles. The molecule has 0 saturated carbocycles. The van der Waals surface area contributed by atoms with Crippen LogP contribution in [0, 0.1) is 6.92 Å². The van der Waals surface area contributed by atoms with Crippen LogP contribution in [0.5, 0.6) is 0 Å². The lowest BCUT2D eigenvalue weighted by Crippen LogP contribution is -2.29. The van der Waals surface area contributed by atoms with Crippen molar-refractivity contribution in [2.45, 2.75) is 20.4 Å². The smallest absolute Gasteiger partial charge is 0.263 e. The lowest BCUT2D eigenvalue weighted by atomic mass is 10.1. The minimum atomic E-state index is -0.476. The van der Waals surface area contributed by atoms with Crippen LogP contribution < -0.4 is 16.2 Å². The summed E-state index contributed by atoms with van der Waals surface area (Å²) < 4.78 is 1.52. The van der Waals surface area contributed by atoms with Gasteiger partial charge in [0.1, 0.15) is 5.56 Å². The van der Waals surface area contributed by atoms with Gasteiger partial charge in [-0.25, -0.2) is 0 Å². The average molecular weight is 375 g/mol. The van der Waals surface area contributed by atoms with E-state index in [2.05, 4.69) is 10.6 Å². The van der Waals surface area contributed by atoms with E-state index in [9.17, 15) is 14.4 Å². The Kier molecular flexibility index (Phi) is 5.69. The third kappa shape index (κ3) is 4.54. The summed E-state index contributed by atoms with van der Waals surface area (Å²) in [6.07, 6.45) is 1.67. The number of hydrogen-bond acceptors (Lipinski definition) is 3. The molecule has 28 heavy (non-hydrogen) atoms. The largest absolute Gasteiger partial charge is 0.326 e. The fourth-order valence-electron chi connectivity index (χ4n) is 2.84. The predicted octanol–water partition coefficient (Wildman–Crippen LogP) is 3.42. The highest BCUT2D eigenvalue weighted by Gasteiger charge is 2.13. The maximum atomic E-state index is 12.7. The minimum Gasteiger partial charge on any atom is -0.326 e. The van der Waals surface area contributed by atoms with Crippen molar-refractivity contribution in [2.24, 2.45) is 0 Å². The zero-order valence-electron chi connectivity index (χ0n) is 15.7. The van der Waals surface area contributed by atoms with Gasteiger partial charge in [0, 0.05) is 24.5 Å². The molecule has 2 amide bonds. The average Bonchev–Trinajstić information content (AvgIpc) is 2.66. The number of aryl methyl sites for hydroxylation is 1. The maximum absolute atomic E-state index is 12.7. The number of benzene rings is 2. The highest BCUT2D eigenvalue weighted by molar-refractivity contribution is 6.04. The van der Waals surface area contributed by atoms with E-state index in [1.54, 1.807) is 36.5 Å². The van der Waals surface area contributed by atoms with Crippen LogP contribution in [0.25, 0.3) is 0 Å². The number of nitrogens with one attached hydrogen (secondary N) is 2. The first kappa shape index (κ1) is 19.1. The van der Waals surface area contributed by atoms with Gasteiger partial charge >= 0.3 is 0 Å². The summed E-state index contributed by atoms with van der Waals surface area (Å²) in [4.78, 5) is 36.4. The van der Waals surface area contributed by atoms with Crippen molar-refractivity contribution >= 4 is 23.2 Å².